The molecule has 0 saturated carbocycles. The summed E-state index contributed by atoms with van der Waals surface area (Å²) in [6.07, 6.45) is 1.67. The Morgan fingerprint density at radius 2 is 2.18 bits per heavy atom. The zero-order valence-electron chi connectivity index (χ0n) is 17.6. The third kappa shape index (κ3) is 4.66. The van der Waals surface area contributed by atoms with Crippen LogP contribution in [0.3, 0.4) is 0 Å². The third-order valence-electron chi connectivity index (χ3n) is 5.35. The van der Waals surface area contributed by atoms with Crippen LogP contribution in [0, 0.1) is 18.2 Å². The Morgan fingerprint density at radius 3 is 2.97 bits per heavy atom. The number of nitrogens with zero attached hydrogens (tertiary/aromatic N) is 3. The van der Waals surface area contributed by atoms with Crippen LogP contribution in [0.15, 0.2) is 45.9 Å². The molecule has 1 aliphatic heterocycles. The van der Waals surface area contributed by atoms with Gasteiger partial charge in [0.1, 0.15) is 17.4 Å². The lowest BCUT2D eigenvalue weighted by atomic mass is 10.1. The molecule has 0 bridgehead atoms. The first-order chi connectivity index (χ1) is 15.8. The summed E-state index contributed by atoms with van der Waals surface area (Å²) in [5.41, 5.74) is 4.54. The molecular formula is C22H21F3N6O2. The molecule has 1 fully saturated rings. The maximum absolute atomic E-state index is 14.7. The number of amides is 1. The topological polar surface area (TPSA) is 107 Å². The maximum atomic E-state index is 14.7. The lowest BCUT2D eigenvalue weighted by Crippen LogP contribution is -2.47. The molecule has 4 rings (SSSR count). The molecule has 1 amide bonds. The smallest absolute Gasteiger partial charge is 0.295 e. The third-order valence-corrected chi connectivity index (χ3v) is 5.35. The zero-order chi connectivity index (χ0) is 23.6. The number of aryl methyl sites for hydroxylation is 1. The Kier molecular flexibility index (Phi) is 6.03. The van der Waals surface area contributed by atoms with Gasteiger partial charge in [0.25, 0.3) is 17.8 Å². The highest BCUT2D eigenvalue weighted by molar-refractivity contribution is 6.14. The Hall–Kier alpha value is -3.89. The lowest BCUT2D eigenvalue weighted by molar-refractivity contribution is -0.0249. The van der Waals surface area contributed by atoms with E-state index in [0.29, 0.717) is 11.2 Å². The number of aromatic nitrogens is 1. The molecule has 3 aromatic rings. The first-order valence-electron chi connectivity index (χ1n) is 10.2. The highest BCUT2D eigenvalue weighted by Crippen LogP contribution is 2.36. The summed E-state index contributed by atoms with van der Waals surface area (Å²) in [6.45, 7) is 1.35. The molecule has 172 valence electrons. The minimum atomic E-state index is -3.13. The maximum Gasteiger partial charge on any atom is 0.295 e. The number of benzene rings is 2. The van der Waals surface area contributed by atoms with Crippen LogP contribution in [-0.2, 0) is 0 Å². The fourth-order valence-electron chi connectivity index (χ4n) is 3.71. The van der Waals surface area contributed by atoms with Crippen molar-refractivity contribution in [2.45, 2.75) is 25.3 Å². The number of likely N-dealkylation sites (tertiary alicyclic amines) is 1. The number of hydrogen-bond donors (Lipinski definition) is 3. The number of halogens is 3. The molecule has 1 unspecified atom stereocenters. The Balaban J connectivity index is 1.56. The fraction of sp³-hybridized carbons (Fsp3) is 0.273. The molecule has 2 heterocycles. The van der Waals surface area contributed by atoms with Gasteiger partial charge in [-0.05, 0) is 31.2 Å². The van der Waals surface area contributed by atoms with E-state index in [-0.39, 0.29) is 30.3 Å². The van der Waals surface area contributed by atoms with Gasteiger partial charge in [-0.3, -0.25) is 10.2 Å². The predicted molar refractivity (Wildman–Crippen MR) is 119 cm³/mol. The van der Waals surface area contributed by atoms with Crippen molar-refractivity contribution in [2.24, 2.45) is 5.10 Å². The molecule has 2 aromatic carbocycles. The normalized spacial score (nSPS) is 17.6. The largest absolute Gasteiger partial charge is 0.423 e. The van der Waals surface area contributed by atoms with Crippen LogP contribution >= 0.6 is 0 Å². The van der Waals surface area contributed by atoms with Crippen molar-refractivity contribution in [3.63, 3.8) is 0 Å². The molecule has 8 nitrogen and oxygen atoms in total. The molecule has 1 saturated heterocycles. The SMILES string of the molecule is Cc1ccc(N/N=C\C=N)c(C(=O)N2CCC(F)(F)C2CNc2nc3ccc(F)cc3o2)c1. The molecule has 0 radical (unpaired) electrons. The summed E-state index contributed by atoms with van der Waals surface area (Å²) in [5.74, 6) is -4.21. The number of nitrogens with one attached hydrogen (secondary N) is 3. The molecule has 3 N–H and O–H groups in total. The minimum absolute atomic E-state index is 0.0374. The number of oxazole rings is 1. The van der Waals surface area contributed by atoms with E-state index in [9.17, 15) is 18.0 Å². The van der Waals surface area contributed by atoms with Crippen molar-refractivity contribution in [1.82, 2.24) is 9.88 Å². The first kappa shape index (κ1) is 22.3. The molecule has 1 aromatic heterocycles. The number of hydrogen-bond acceptors (Lipinski definition) is 7. The first-order valence-corrected chi connectivity index (χ1v) is 10.2. The van der Waals surface area contributed by atoms with Gasteiger partial charge in [-0.25, -0.2) is 13.2 Å². The standard InChI is InChI=1S/C22H21F3N6O2/c1-13-2-4-16(30-28-8-7-26)15(10-13)20(32)31-9-6-22(24,25)19(31)12-27-21-29-17-5-3-14(23)11-18(17)33-21/h2-5,7-8,10-11,19,26,30H,6,9,12H2,1H3,(H,27,29)/b26-7?,28-8-. The van der Waals surface area contributed by atoms with Crippen LogP contribution in [-0.4, -0.2) is 53.3 Å². The quantitative estimate of drug-likeness (QED) is 0.362. The van der Waals surface area contributed by atoms with Gasteiger partial charge in [0.15, 0.2) is 5.58 Å². The number of fused-ring (bicyclic) bond motifs is 1. The van der Waals surface area contributed by atoms with Gasteiger partial charge in [-0.15, -0.1) is 0 Å². The van der Waals surface area contributed by atoms with E-state index in [4.69, 9.17) is 9.83 Å². The Bertz CT molecular complexity index is 1230. The van der Waals surface area contributed by atoms with Gasteiger partial charge in [0.05, 0.1) is 17.5 Å². The molecule has 33 heavy (non-hydrogen) atoms. The van der Waals surface area contributed by atoms with Gasteiger partial charge in [-0.1, -0.05) is 11.6 Å². The van der Waals surface area contributed by atoms with Crippen LogP contribution in [0.25, 0.3) is 11.1 Å². The number of hydrazone groups is 1. The van der Waals surface area contributed by atoms with Crippen molar-refractivity contribution in [1.29, 1.82) is 5.41 Å². The highest BCUT2D eigenvalue weighted by Gasteiger charge is 2.51. The van der Waals surface area contributed by atoms with Crippen molar-refractivity contribution >= 4 is 41.1 Å². The lowest BCUT2D eigenvalue weighted by Gasteiger charge is -2.28. The van der Waals surface area contributed by atoms with E-state index in [1.54, 1.807) is 25.1 Å². The van der Waals surface area contributed by atoms with Crippen molar-refractivity contribution < 1.29 is 22.4 Å². The minimum Gasteiger partial charge on any atom is -0.423 e. The van der Waals surface area contributed by atoms with Crippen molar-refractivity contribution in [2.75, 3.05) is 23.8 Å². The summed E-state index contributed by atoms with van der Waals surface area (Å²) in [6, 6.07) is 7.29. The summed E-state index contributed by atoms with van der Waals surface area (Å²) in [7, 11) is 0. The Morgan fingerprint density at radius 1 is 1.36 bits per heavy atom. The summed E-state index contributed by atoms with van der Waals surface area (Å²) in [4.78, 5) is 18.5. The van der Waals surface area contributed by atoms with E-state index in [1.807, 2.05) is 0 Å². The molecule has 11 heteroatoms. The zero-order valence-corrected chi connectivity index (χ0v) is 17.6. The van der Waals surface area contributed by atoms with E-state index >= 15 is 0 Å². The van der Waals surface area contributed by atoms with Crippen LogP contribution in [0.5, 0.6) is 0 Å². The molecular weight excluding hydrogens is 437 g/mol. The van der Waals surface area contributed by atoms with Crippen LogP contribution < -0.4 is 10.7 Å². The number of alkyl halides is 2. The van der Waals surface area contributed by atoms with E-state index < -0.39 is 30.1 Å². The van der Waals surface area contributed by atoms with Gasteiger partial charge in [0, 0.05) is 31.8 Å². The summed E-state index contributed by atoms with van der Waals surface area (Å²) in [5, 5.41) is 13.5. The molecule has 0 aliphatic carbocycles. The second-order valence-corrected chi connectivity index (χ2v) is 7.64. The summed E-state index contributed by atoms with van der Waals surface area (Å²) < 4.78 is 48.2. The number of rotatable bonds is 7. The molecule has 1 aliphatic rings. The molecule has 1 atom stereocenters. The van der Waals surface area contributed by atoms with Gasteiger partial charge < -0.3 is 20.0 Å². The fourth-order valence-corrected chi connectivity index (χ4v) is 3.71. The van der Waals surface area contributed by atoms with E-state index in [2.05, 4.69) is 20.8 Å². The van der Waals surface area contributed by atoms with Crippen LogP contribution in [0.4, 0.5) is 24.9 Å². The van der Waals surface area contributed by atoms with Crippen LogP contribution in [0.2, 0.25) is 0 Å². The second kappa shape index (κ2) is 8.93. The van der Waals surface area contributed by atoms with Crippen molar-refractivity contribution in [3.8, 4) is 0 Å². The van der Waals surface area contributed by atoms with Crippen LogP contribution in [0.1, 0.15) is 22.3 Å². The molecule has 0 spiro atoms. The van der Waals surface area contributed by atoms with Gasteiger partial charge >= 0.3 is 0 Å². The number of carbonyl (C=O) groups excluding carboxylic acids is 1. The van der Waals surface area contributed by atoms with Crippen molar-refractivity contribution in [3.05, 3.63) is 53.3 Å². The number of carbonyl (C=O) groups is 1. The summed E-state index contributed by atoms with van der Waals surface area (Å²) >= 11 is 0. The highest BCUT2D eigenvalue weighted by atomic mass is 19.3. The van der Waals surface area contributed by atoms with Gasteiger partial charge in [0.2, 0.25) is 0 Å². The monoisotopic (exact) mass is 458 g/mol. The van der Waals surface area contributed by atoms with E-state index in [0.717, 1.165) is 22.7 Å². The Labute approximate surface area is 187 Å². The average Bonchev–Trinajstić information content (AvgIpc) is 3.31. The van der Waals surface area contributed by atoms with Gasteiger partial charge in [-0.2, -0.15) is 10.1 Å². The second-order valence-electron chi connectivity index (χ2n) is 7.64. The van der Waals surface area contributed by atoms with E-state index in [1.165, 1.54) is 18.3 Å². The number of anilines is 2. The predicted octanol–water partition coefficient (Wildman–Crippen LogP) is 4.28. The average molecular weight is 458 g/mol.